The van der Waals surface area contributed by atoms with E-state index >= 15 is 0 Å². The van der Waals surface area contributed by atoms with E-state index in [0.29, 0.717) is 5.02 Å². The summed E-state index contributed by atoms with van der Waals surface area (Å²) in [5.41, 5.74) is 2.71. The number of rotatable bonds is 3. The average Bonchev–Trinajstić information content (AvgIpc) is 2.97. The molecule has 104 valence electrons. The predicted molar refractivity (Wildman–Crippen MR) is 80.7 cm³/mol. The van der Waals surface area contributed by atoms with Crippen LogP contribution in [-0.4, -0.2) is 14.7 Å². The minimum Gasteiger partial charge on any atom is -0.258 e. The Bertz CT molecular complexity index is 797. The number of aromatic nitrogens is 2. The van der Waals surface area contributed by atoms with E-state index in [-0.39, 0.29) is 5.69 Å². The van der Waals surface area contributed by atoms with Crippen LogP contribution in [0.15, 0.2) is 60.9 Å². The van der Waals surface area contributed by atoms with Gasteiger partial charge < -0.3 is 0 Å². The first-order valence-electron chi connectivity index (χ1n) is 6.19. The van der Waals surface area contributed by atoms with E-state index in [1.807, 2.05) is 30.5 Å². The molecule has 3 aromatic rings. The Morgan fingerprint density at radius 1 is 1.10 bits per heavy atom. The smallest absolute Gasteiger partial charge is 0.258 e. The largest absolute Gasteiger partial charge is 0.269 e. The van der Waals surface area contributed by atoms with Gasteiger partial charge in [0.05, 0.1) is 16.8 Å². The Morgan fingerprint density at radius 2 is 1.86 bits per heavy atom. The fraction of sp³-hybridized carbons (Fsp3) is 0. The maximum absolute atomic E-state index is 10.6. The number of hydrogen-bond donors (Lipinski definition) is 0. The van der Waals surface area contributed by atoms with Gasteiger partial charge in [-0.15, -0.1) is 0 Å². The SMILES string of the molecule is O=[N+]([O-])c1ccc(-n2cc(-c3cccc(Cl)c3)cn2)cc1. The summed E-state index contributed by atoms with van der Waals surface area (Å²) < 4.78 is 1.67. The minimum absolute atomic E-state index is 0.0565. The van der Waals surface area contributed by atoms with Crippen molar-refractivity contribution in [1.82, 2.24) is 9.78 Å². The number of halogens is 1. The summed E-state index contributed by atoms with van der Waals surface area (Å²) >= 11 is 5.97. The van der Waals surface area contributed by atoms with Gasteiger partial charge in [0.25, 0.3) is 5.69 Å². The van der Waals surface area contributed by atoms with Crippen molar-refractivity contribution >= 4 is 17.3 Å². The van der Waals surface area contributed by atoms with Crippen LogP contribution in [-0.2, 0) is 0 Å². The van der Waals surface area contributed by atoms with E-state index in [4.69, 9.17) is 11.6 Å². The Balaban J connectivity index is 1.93. The van der Waals surface area contributed by atoms with Gasteiger partial charge in [0, 0.05) is 28.9 Å². The fourth-order valence-corrected chi connectivity index (χ4v) is 2.20. The molecule has 0 atom stereocenters. The predicted octanol–water partition coefficient (Wildman–Crippen LogP) is 4.10. The molecule has 6 heteroatoms. The standard InChI is InChI=1S/C15H10ClN3O2/c16-13-3-1-2-11(8-13)12-9-17-18(10-12)14-4-6-15(7-5-14)19(20)21/h1-10H. The van der Waals surface area contributed by atoms with Crippen molar-refractivity contribution in [2.45, 2.75) is 0 Å². The van der Waals surface area contributed by atoms with Crippen LogP contribution in [0.1, 0.15) is 0 Å². The van der Waals surface area contributed by atoms with Crippen molar-refractivity contribution in [1.29, 1.82) is 0 Å². The molecule has 0 amide bonds. The van der Waals surface area contributed by atoms with Gasteiger partial charge in [-0.05, 0) is 29.8 Å². The Kier molecular flexibility index (Phi) is 3.41. The molecule has 0 N–H and O–H groups in total. The molecule has 0 radical (unpaired) electrons. The van der Waals surface area contributed by atoms with E-state index in [1.54, 1.807) is 23.0 Å². The second kappa shape index (κ2) is 5.38. The number of nitro benzene ring substituents is 1. The van der Waals surface area contributed by atoms with Crippen LogP contribution in [0.3, 0.4) is 0 Å². The third-order valence-electron chi connectivity index (χ3n) is 3.07. The number of benzene rings is 2. The maximum atomic E-state index is 10.6. The van der Waals surface area contributed by atoms with E-state index in [9.17, 15) is 10.1 Å². The van der Waals surface area contributed by atoms with Crippen LogP contribution in [0.4, 0.5) is 5.69 Å². The molecule has 0 aliphatic heterocycles. The zero-order chi connectivity index (χ0) is 14.8. The molecule has 0 bridgehead atoms. The molecule has 1 heterocycles. The molecule has 0 unspecified atom stereocenters. The summed E-state index contributed by atoms with van der Waals surface area (Å²) in [6, 6.07) is 13.7. The summed E-state index contributed by atoms with van der Waals surface area (Å²) in [6.45, 7) is 0. The van der Waals surface area contributed by atoms with E-state index < -0.39 is 4.92 Å². The van der Waals surface area contributed by atoms with E-state index in [0.717, 1.165) is 16.8 Å². The number of nitrogens with zero attached hydrogens (tertiary/aromatic N) is 3. The first kappa shape index (κ1) is 13.3. The summed E-state index contributed by atoms with van der Waals surface area (Å²) in [5, 5.41) is 15.6. The Labute approximate surface area is 125 Å². The van der Waals surface area contributed by atoms with Gasteiger partial charge in [-0.3, -0.25) is 10.1 Å². The molecule has 0 fully saturated rings. The highest BCUT2D eigenvalue weighted by Crippen LogP contribution is 2.23. The van der Waals surface area contributed by atoms with Gasteiger partial charge in [0.1, 0.15) is 0 Å². The zero-order valence-corrected chi connectivity index (χ0v) is 11.6. The lowest BCUT2D eigenvalue weighted by Gasteiger charge is -2.00. The third kappa shape index (κ3) is 2.78. The van der Waals surface area contributed by atoms with E-state index in [1.165, 1.54) is 12.1 Å². The summed E-state index contributed by atoms with van der Waals surface area (Å²) in [7, 11) is 0. The molecular formula is C15H10ClN3O2. The van der Waals surface area contributed by atoms with Gasteiger partial charge in [-0.25, -0.2) is 4.68 Å². The highest BCUT2D eigenvalue weighted by Gasteiger charge is 2.07. The van der Waals surface area contributed by atoms with Crippen molar-refractivity contribution < 1.29 is 4.92 Å². The normalized spacial score (nSPS) is 10.5. The van der Waals surface area contributed by atoms with Crippen LogP contribution in [0.25, 0.3) is 16.8 Å². The monoisotopic (exact) mass is 299 g/mol. The molecular weight excluding hydrogens is 290 g/mol. The van der Waals surface area contributed by atoms with Gasteiger partial charge in [0.2, 0.25) is 0 Å². The Hall–Kier alpha value is -2.66. The summed E-state index contributed by atoms with van der Waals surface area (Å²) in [5.74, 6) is 0. The molecule has 0 aliphatic carbocycles. The van der Waals surface area contributed by atoms with Crippen LogP contribution in [0, 0.1) is 10.1 Å². The average molecular weight is 300 g/mol. The minimum atomic E-state index is -0.426. The quantitative estimate of drug-likeness (QED) is 0.540. The van der Waals surface area contributed by atoms with Crippen molar-refractivity contribution in [2.24, 2.45) is 0 Å². The van der Waals surface area contributed by atoms with Crippen LogP contribution in [0.5, 0.6) is 0 Å². The van der Waals surface area contributed by atoms with E-state index in [2.05, 4.69) is 5.10 Å². The molecule has 1 aromatic heterocycles. The van der Waals surface area contributed by atoms with Crippen LogP contribution < -0.4 is 0 Å². The highest BCUT2D eigenvalue weighted by atomic mass is 35.5. The third-order valence-corrected chi connectivity index (χ3v) is 3.30. The summed E-state index contributed by atoms with van der Waals surface area (Å²) in [4.78, 5) is 10.2. The molecule has 3 rings (SSSR count). The Morgan fingerprint density at radius 3 is 2.52 bits per heavy atom. The van der Waals surface area contributed by atoms with Crippen LogP contribution >= 0.6 is 11.6 Å². The maximum Gasteiger partial charge on any atom is 0.269 e. The molecule has 0 aliphatic rings. The van der Waals surface area contributed by atoms with Crippen molar-refractivity contribution in [3.63, 3.8) is 0 Å². The van der Waals surface area contributed by atoms with Gasteiger partial charge in [-0.2, -0.15) is 5.10 Å². The summed E-state index contributed by atoms with van der Waals surface area (Å²) in [6.07, 6.45) is 3.58. The topological polar surface area (TPSA) is 61.0 Å². The first-order chi connectivity index (χ1) is 10.1. The first-order valence-corrected chi connectivity index (χ1v) is 6.57. The van der Waals surface area contributed by atoms with Gasteiger partial charge in [-0.1, -0.05) is 23.7 Å². The van der Waals surface area contributed by atoms with Gasteiger partial charge in [0.15, 0.2) is 0 Å². The second-order valence-corrected chi connectivity index (χ2v) is 4.89. The van der Waals surface area contributed by atoms with Crippen molar-refractivity contribution in [3.8, 4) is 16.8 Å². The lowest BCUT2D eigenvalue weighted by Crippen LogP contribution is -1.94. The molecule has 2 aromatic carbocycles. The van der Waals surface area contributed by atoms with Crippen molar-refractivity contribution in [3.05, 3.63) is 76.1 Å². The lowest BCUT2D eigenvalue weighted by molar-refractivity contribution is -0.384. The molecule has 0 saturated heterocycles. The molecule has 21 heavy (non-hydrogen) atoms. The molecule has 5 nitrogen and oxygen atoms in total. The van der Waals surface area contributed by atoms with Crippen LogP contribution in [0.2, 0.25) is 5.02 Å². The zero-order valence-electron chi connectivity index (χ0n) is 10.8. The fourth-order valence-electron chi connectivity index (χ4n) is 2.01. The number of nitro groups is 1. The number of non-ortho nitro benzene ring substituents is 1. The van der Waals surface area contributed by atoms with Gasteiger partial charge >= 0.3 is 0 Å². The molecule has 0 saturated carbocycles. The highest BCUT2D eigenvalue weighted by molar-refractivity contribution is 6.30. The second-order valence-electron chi connectivity index (χ2n) is 4.46. The van der Waals surface area contributed by atoms with Crippen molar-refractivity contribution in [2.75, 3.05) is 0 Å². The molecule has 0 spiro atoms. The number of hydrogen-bond acceptors (Lipinski definition) is 3. The lowest BCUT2D eigenvalue weighted by atomic mass is 10.1.